The van der Waals surface area contributed by atoms with Crippen molar-refractivity contribution < 1.29 is 9.90 Å². The second kappa shape index (κ2) is 4.63. The Bertz CT molecular complexity index is 144. The zero-order valence-electron chi connectivity index (χ0n) is 5.50. The number of carboxylic acid groups (broad SMARTS) is 1. The van der Waals surface area contributed by atoms with Crippen LogP contribution in [0.4, 0.5) is 0 Å². The van der Waals surface area contributed by atoms with E-state index in [2.05, 4.69) is 5.43 Å². The highest BCUT2D eigenvalue weighted by molar-refractivity contribution is 5.66. The molecule has 0 aliphatic rings. The molecule has 0 aromatic carbocycles. The zero-order valence-corrected chi connectivity index (χ0v) is 5.50. The maximum atomic E-state index is 9.97. The maximum absolute atomic E-state index is 9.97. The van der Waals surface area contributed by atoms with Crippen molar-refractivity contribution in [1.29, 1.82) is 0 Å². The first kappa shape index (κ1) is 8.77. The van der Waals surface area contributed by atoms with Gasteiger partial charge in [-0.1, -0.05) is 0 Å². The summed E-state index contributed by atoms with van der Waals surface area (Å²) in [5.41, 5.74) is 7.93. The molecule has 5 heteroatoms. The molecule has 0 aromatic heterocycles. The molecule has 0 unspecified atom stereocenters. The minimum absolute atomic E-state index is 0.0318. The third-order valence-corrected chi connectivity index (χ3v) is 0.896. The Labute approximate surface area is 58.7 Å². The van der Waals surface area contributed by atoms with Gasteiger partial charge in [-0.25, -0.2) is 0 Å². The number of carbonyl (C=O) groups is 1. The molecule has 10 heavy (non-hydrogen) atoms. The minimum Gasteiger partial charge on any atom is -0.481 e. The average molecular weight is 145 g/mol. The number of hydrogen-bond donors (Lipinski definition) is 4. The van der Waals surface area contributed by atoms with Gasteiger partial charge in [-0.05, 0) is 6.42 Å². The Balaban J connectivity index is 3.48. The van der Waals surface area contributed by atoms with E-state index in [0.717, 1.165) is 0 Å². The molecule has 0 aromatic rings. The fraction of sp³-hybridized carbons (Fsp3) is 0.400. The van der Waals surface area contributed by atoms with Gasteiger partial charge >= 0.3 is 5.97 Å². The van der Waals surface area contributed by atoms with E-state index in [1.54, 1.807) is 0 Å². The molecule has 0 aliphatic heterocycles. The van der Waals surface area contributed by atoms with Crippen molar-refractivity contribution in [2.24, 2.45) is 11.6 Å². The normalized spacial score (nSPS) is 11.1. The van der Waals surface area contributed by atoms with E-state index in [4.69, 9.17) is 16.7 Å². The first-order chi connectivity index (χ1) is 4.66. The van der Waals surface area contributed by atoms with Crippen molar-refractivity contribution in [3.8, 4) is 0 Å². The Kier molecular flexibility index (Phi) is 4.06. The number of hydrazine groups is 1. The van der Waals surface area contributed by atoms with Gasteiger partial charge in [0, 0.05) is 11.9 Å². The number of aliphatic carboxylic acids is 1. The molecule has 0 radical (unpaired) electrons. The second-order valence-corrected chi connectivity index (χ2v) is 1.78. The summed E-state index contributed by atoms with van der Waals surface area (Å²) in [6.07, 6.45) is 1.71. The Hall–Kier alpha value is -1.23. The van der Waals surface area contributed by atoms with Gasteiger partial charge in [-0.15, -0.1) is 0 Å². The molecule has 0 atom stereocenters. The van der Waals surface area contributed by atoms with Crippen molar-refractivity contribution in [2.75, 3.05) is 0 Å². The second-order valence-electron chi connectivity index (χ2n) is 1.78. The van der Waals surface area contributed by atoms with E-state index < -0.39 is 5.97 Å². The van der Waals surface area contributed by atoms with Gasteiger partial charge in [-0.2, -0.15) is 0 Å². The number of rotatable bonds is 4. The van der Waals surface area contributed by atoms with E-state index in [1.807, 2.05) is 0 Å². The van der Waals surface area contributed by atoms with E-state index in [-0.39, 0.29) is 6.42 Å². The van der Waals surface area contributed by atoms with Crippen molar-refractivity contribution in [3.05, 3.63) is 11.9 Å². The fourth-order valence-corrected chi connectivity index (χ4v) is 0.430. The van der Waals surface area contributed by atoms with Gasteiger partial charge in [0.25, 0.3) is 0 Å². The van der Waals surface area contributed by atoms with Crippen LogP contribution in [0.3, 0.4) is 0 Å². The summed E-state index contributed by atoms with van der Waals surface area (Å²) in [4.78, 5) is 9.97. The molecule has 6 N–H and O–H groups in total. The van der Waals surface area contributed by atoms with Gasteiger partial charge in [0.15, 0.2) is 0 Å². The molecular formula is C5H11N3O2. The maximum Gasteiger partial charge on any atom is 0.303 e. The molecule has 0 amide bonds. The highest BCUT2D eigenvalue weighted by Crippen LogP contribution is 1.95. The number of nitrogens with one attached hydrogen (secondary N) is 1. The lowest BCUT2D eigenvalue weighted by atomic mass is 10.2. The van der Waals surface area contributed by atoms with Crippen LogP contribution in [0.25, 0.3) is 0 Å². The number of allylic oxidation sites excluding steroid dienone is 1. The SMILES string of the molecule is NN/C=C(\N)CCC(=O)O. The molecule has 0 saturated heterocycles. The summed E-state index contributed by atoms with van der Waals surface area (Å²) in [5, 5.41) is 8.20. The fourth-order valence-electron chi connectivity index (χ4n) is 0.430. The molecule has 0 rings (SSSR count). The lowest BCUT2D eigenvalue weighted by molar-refractivity contribution is -0.136. The molecule has 0 bridgehead atoms. The number of carboxylic acids is 1. The molecular weight excluding hydrogens is 134 g/mol. The Morgan fingerprint density at radius 1 is 1.60 bits per heavy atom. The highest BCUT2D eigenvalue weighted by atomic mass is 16.4. The highest BCUT2D eigenvalue weighted by Gasteiger charge is 1.96. The Morgan fingerprint density at radius 3 is 2.60 bits per heavy atom. The topological polar surface area (TPSA) is 101 Å². The van der Waals surface area contributed by atoms with Crippen LogP contribution in [0.15, 0.2) is 11.9 Å². The Morgan fingerprint density at radius 2 is 2.20 bits per heavy atom. The van der Waals surface area contributed by atoms with Gasteiger partial charge < -0.3 is 16.3 Å². The van der Waals surface area contributed by atoms with Crippen LogP contribution in [0.5, 0.6) is 0 Å². The summed E-state index contributed by atoms with van der Waals surface area (Å²) in [7, 11) is 0. The number of hydrogen-bond acceptors (Lipinski definition) is 4. The van der Waals surface area contributed by atoms with Gasteiger partial charge in [-0.3, -0.25) is 10.6 Å². The summed E-state index contributed by atoms with van der Waals surface area (Å²) < 4.78 is 0. The van der Waals surface area contributed by atoms with Crippen LogP contribution in [0.1, 0.15) is 12.8 Å². The molecule has 5 nitrogen and oxygen atoms in total. The monoisotopic (exact) mass is 145 g/mol. The molecule has 0 fully saturated rings. The van der Waals surface area contributed by atoms with Crippen LogP contribution in [0, 0.1) is 0 Å². The summed E-state index contributed by atoms with van der Waals surface area (Å²) >= 11 is 0. The van der Waals surface area contributed by atoms with Crippen LogP contribution < -0.4 is 17.0 Å². The van der Waals surface area contributed by atoms with Crippen LogP contribution >= 0.6 is 0 Å². The van der Waals surface area contributed by atoms with Crippen LogP contribution in [-0.4, -0.2) is 11.1 Å². The summed E-state index contributed by atoms with van der Waals surface area (Å²) in [6.45, 7) is 0. The third kappa shape index (κ3) is 4.92. The van der Waals surface area contributed by atoms with Gasteiger partial charge in [0.2, 0.25) is 0 Å². The lowest BCUT2D eigenvalue weighted by Crippen LogP contribution is -2.16. The van der Waals surface area contributed by atoms with E-state index in [9.17, 15) is 4.79 Å². The standard InChI is InChI=1S/C5H11N3O2/c6-4(3-8-7)1-2-5(9)10/h3,8H,1-2,6-7H2,(H,9,10)/b4-3-. The molecule has 0 aliphatic carbocycles. The van der Waals surface area contributed by atoms with Crippen LogP contribution in [0.2, 0.25) is 0 Å². The minimum atomic E-state index is -0.867. The zero-order chi connectivity index (χ0) is 7.98. The van der Waals surface area contributed by atoms with Gasteiger partial charge in [0.05, 0.1) is 6.42 Å². The third-order valence-electron chi connectivity index (χ3n) is 0.896. The summed E-state index contributed by atoms with van der Waals surface area (Å²) in [6, 6.07) is 0. The molecule has 58 valence electrons. The molecule has 0 heterocycles. The predicted molar refractivity (Wildman–Crippen MR) is 36.5 cm³/mol. The van der Waals surface area contributed by atoms with E-state index in [0.29, 0.717) is 12.1 Å². The number of nitrogens with two attached hydrogens (primary N) is 2. The van der Waals surface area contributed by atoms with E-state index in [1.165, 1.54) is 6.20 Å². The first-order valence-corrected chi connectivity index (χ1v) is 2.79. The van der Waals surface area contributed by atoms with Crippen molar-refractivity contribution in [2.45, 2.75) is 12.8 Å². The summed E-state index contributed by atoms with van der Waals surface area (Å²) in [5.74, 6) is 4.01. The quantitative estimate of drug-likeness (QED) is 0.304. The van der Waals surface area contributed by atoms with E-state index >= 15 is 0 Å². The molecule has 0 saturated carbocycles. The lowest BCUT2D eigenvalue weighted by Gasteiger charge is -1.96. The largest absolute Gasteiger partial charge is 0.481 e. The first-order valence-electron chi connectivity index (χ1n) is 2.79. The molecule has 0 spiro atoms. The average Bonchev–Trinajstić information content (AvgIpc) is 1.85. The van der Waals surface area contributed by atoms with Crippen LogP contribution in [-0.2, 0) is 4.79 Å². The van der Waals surface area contributed by atoms with Crippen molar-refractivity contribution in [3.63, 3.8) is 0 Å². The van der Waals surface area contributed by atoms with Crippen molar-refractivity contribution in [1.82, 2.24) is 5.43 Å². The van der Waals surface area contributed by atoms with Gasteiger partial charge in [0.1, 0.15) is 0 Å². The smallest absolute Gasteiger partial charge is 0.303 e. The predicted octanol–water partition coefficient (Wildman–Crippen LogP) is -0.885. The van der Waals surface area contributed by atoms with Crippen molar-refractivity contribution >= 4 is 5.97 Å².